The summed E-state index contributed by atoms with van der Waals surface area (Å²) in [5.41, 5.74) is 0. The van der Waals surface area contributed by atoms with Crippen LogP contribution in [0.4, 0.5) is 0 Å². The number of allylic oxidation sites excluding steroid dienone is 2. The maximum absolute atomic E-state index is 5.27. The molecule has 1 unspecified atom stereocenters. The molecule has 1 N–H and O–H groups in total. The van der Waals surface area contributed by atoms with Crippen LogP contribution in [0.15, 0.2) is 16.6 Å². The summed E-state index contributed by atoms with van der Waals surface area (Å²) in [5, 5.41) is 11.1. The van der Waals surface area contributed by atoms with Crippen molar-refractivity contribution in [2.75, 3.05) is 6.54 Å². The quantitative estimate of drug-likeness (QED) is 0.765. The van der Waals surface area contributed by atoms with Gasteiger partial charge in [-0.15, -0.1) is 10.2 Å². The van der Waals surface area contributed by atoms with Crippen molar-refractivity contribution in [1.29, 1.82) is 0 Å². The van der Waals surface area contributed by atoms with E-state index in [4.69, 9.17) is 4.42 Å². The Kier molecular flexibility index (Phi) is 3.50. The molecule has 0 saturated carbocycles. The second kappa shape index (κ2) is 5.07. The lowest BCUT2D eigenvalue weighted by Gasteiger charge is -2.17. The fourth-order valence-electron chi connectivity index (χ4n) is 1.83. The fourth-order valence-corrected chi connectivity index (χ4v) is 1.83. The predicted molar refractivity (Wildman–Crippen MR) is 57.2 cm³/mol. The Morgan fingerprint density at radius 2 is 2.40 bits per heavy atom. The van der Waals surface area contributed by atoms with E-state index in [1.807, 2.05) is 6.92 Å². The number of aromatic nitrogens is 2. The Morgan fingerprint density at radius 3 is 3.07 bits per heavy atom. The first kappa shape index (κ1) is 10.4. The lowest BCUT2D eigenvalue weighted by molar-refractivity contribution is 0.404. The van der Waals surface area contributed by atoms with Crippen LogP contribution in [0.5, 0.6) is 0 Å². The molecule has 0 saturated heterocycles. The van der Waals surface area contributed by atoms with Gasteiger partial charge in [-0.25, -0.2) is 0 Å². The van der Waals surface area contributed by atoms with Crippen molar-refractivity contribution >= 4 is 0 Å². The third-order valence-electron chi connectivity index (χ3n) is 2.65. The van der Waals surface area contributed by atoms with Gasteiger partial charge in [-0.1, -0.05) is 12.2 Å². The van der Waals surface area contributed by atoms with Gasteiger partial charge >= 0.3 is 0 Å². The molecule has 82 valence electrons. The van der Waals surface area contributed by atoms with Gasteiger partial charge in [0, 0.05) is 6.92 Å². The first-order valence-corrected chi connectivity index (χ1v) is 5.49. The zero-order chi connectivity index (χ0) is 10.5. The van der Waals surface area contributed by atoms with E-state index in [1.54, 1.807) is 0 Å². The van der Waals surface area contributed by atoms with Crippen molar-refractivity contribution in [3.05, 3.63) is 23.9 Å². The molecule has 1 aromatic rings. The van der Waals surface area contributed by atoms with Crippen molar-refractivity contribution in [3.8, 4) is 0 Å². The Labute approximate surface area is 89.8 Å². The van der Waals surface area contributed by atoms with Gasteiger partial charge in [0.15, 0.2) is 0 Å². The van der Waals surface area contributed by atoms with E-state index in [2.05, 4.69) is 27.7 Å². The molecule has 0 radical (unpaired) electrons. The molecule has 1 aromatic heterocycles. The number of hydrogen-bond donors (Lipinski definition) is 1. The molecule has 0 amide bonds. The summed E-state index contributed by atoms with van der Waals surface area (Å²) >= 11 is 0. The Hall–Kier alpha value is -1.16. The lowest BCUT2D eigenvalue weighted by atomic mass is 9.94. The normalized spacial score (nSPS) is 20.7. The molecule has 0 aliphatic heterocycles. The number of nitrogens with zero attached hydrogens (tertiary/aromatic N) is 2. The van der Waals surface area contributed by atoms with Crippen LogP contribution in [0.25, 0.3) is 0 Å². The summed E-state index contributed by atoms with van der Waals surface area (Å²) in [4.78, 5) is 0. The monoisotopic (exact) mass is 207 g/mol. The molecule has 0 fully saturated rings. The highest BCUT2D eigenvalue weighted by Crippen LogP contribution is 2.16. The summed E-state index contributed by atoms with van der Waals surface area (Å²) in [6.45, 7) is 3.52. The van der Waals surface area contributed by atoms with Crippen LogP contribution in [-0.4, -0.2) is 16.7 Å². The highest BCUT2D eigenvalue weighted by molar-refractivity contribution is 4.90. The molecule has 1 atom stereocenters. The smallest absolute Gasteiger partial charge is 0.230 e. The second-order valence-corrected chi connectivity index (χ2v) is 4.00. The zero-order valence-corrected chi connectivity index (χ0v) is 9.07. The predicted octanol–water partition coefficient (Wildman–Crippen LogP) is 1.82. The van der Waals surface area contributed by atoms with Crippen molar-refractivity contribution in [2.24, 2.45) is 5.92 Å². The van der Waals surface area contributed by atoms with Gasteiger partial charge in [0.1, 0.15) is 0 Å². The third-order valence-corrected chi connectivity index (χ3v) is 2.65. The molecule has 0 aromatic carbocycles. The van der Waals surface area contributed by atoms with E-state index >= 15 is 0 Å². The largest absolute Gasteiger partial charge is 0.424 e. The van der Waals surface area contributed by atoms with Crippen molar-refractivity contribution < 1.29 is 4.42 Å². The third kappa shape index (κ3) is 3.16. The Bertz CT molecular complexity index is 332. The minimum atomic E-state index is 0.632. The maximum atomic E-state index is 5.27. The Balaban J connectivity index is 1.68. The van der Waals surface area contributed by atoms with Crippen LogP contribution in [0.3, 0.4) is 0 Å². The molecule has 2 rings (SSSR count). The van der Waals surface area contributed by atoms with E-state index in [-0.39, 0.29) is 0 Å². The van der Waals surface area contributed by atoms with Gasteiger partial charge in [0.05, 0.1) is 6.54 Å². The van der Waals surface area contributed by atoms with Crippen LogP contribution < -0.4 is 5.32 Å². The lowest BCUT2D eigenvalue weighted by Crippen LogP contribution is -2.23. The van der Waals surface area contributed by atoms with Crippen LogP contribution in [0.2, 0.25) is 0 Å². The second-order valence-electron chi connectivity index (χ2n) is 4.00. The van der Waals surface area contributed by atoms with E-state index in [0.29, 0.717) is 18.3 Å². The molecular formula is C11H17N3O. The average Bonchev–Trinajstić information content (AvgIpc) is 2.66. The first-order valence-electron chi connectivity index (χ1n) is 5.49. The first-order chi connectivity index (χ1) is 7.34. The van der Waals surface area contributed by atoms with E-state index in [9.17, 15) is 0 Å². The fraction of sp³-hybridized carbons (Fsp3) is 0.636. The van der Waals surface area contributed by atoms with E-state index in [0.717, 1.165) is 12.5 Å². The minimum absolute atomic E-state index is 0.632. The zero-order valence-electron chi connectivity index (χ0n) is 9.07. The van der Waals surface area contributed by atoms with Gasteiger partial charge in [-0.05, 0) is 31.7 Å². The SMILES string of the molecule is Cc1nnc(CNCC2CC=CCC2)o1. The summed E-state index contributed by atoms with van der Waals surface area (Å²) in [6, 6.07) is 0. The van der Waals surface area contributed by atoms with Crippen LogP contribution in [0.1, 0.15) is 31.0 Å². The summed E-state index contributed by atoms with van der Waals surface area (Å²) in [6.07, 6.45) is 8.22. The highest BCUT2D eigenvalue weighted by Gasteiger charge is 2.09. The molecule has 0 spiro atoms. The molecule has 4 nitrogen and oxygen atoms in total. The van der Waals surface area contributed by atoms with Crippen molar-refractivity contribution in [3.63, 3.8) is 0 Å². The maximum Gasteiger partial charge on any atom is 0.230 e. The van der Waals surface area contributed by atoms with Crippen LogP contribution in [0, 0.1) is 12.8 Å². The standard InChI is InChI=1S/C11H17N3O/c1-9-13-14-11(15-9)8-12-7-10-5-3-2-4-6-10/h2-3,10,12H,4-8H2,1H3. The minimum Gasteiger partial charge on any atom is -0.424 e. The van der Waals surface area contributed by atoms with Gasteiger partial charge in [-0.2, -0.15) is 0 Å². The number of rotatable bonds is 4. The average molecular weight is 207 g/mol. The summed E-state index contributed by atoms with van der Waals surface area (Å²) in [7, 11) is 0. The van der Waals surface area contributed by atoms with Crippen molar-refractivity contribution in [1.82, 2.24) is 15.5 Å². The highest BCUT2D eigenvalue weighted by atomic mass is 16.4. The molecule has 1 aliphatic carbocycles. The molecule has 4 heteroatoms. The van der Waals surface area contributed by atoms with Crippen molar-refractivity contribution in [2.45, 2.75) is 32.7 Å². The summed E-state index contributed by atoms with van der Waals surface area (Å²) < 4.78 is 5.27. The van der Waals surface area contributed by atoms with E-state index < -0.39 is 0 Å². The molecule has 1 aliphatic rings. The molecule has 15 heavy (non-hydrogen) atoms. The number of hydrogen-bond acceptors (Lipinski definition) is 4. The van der Waals surface area contributed by atoms with Gasteiger partial charge < -0.3 is 9.73 Å². The molecule has 1 heterocycles. The van der Waals surface area contributed by atoms with Crippen LogP contribution >= 0.6 is 0 Å². The van der Waals surface area contributed by atoms with E-state index in [1.165, 1.54) is 19.3 Å². The Morgan fingerprint density at radius 1 is 1.47 bits per heavy atom. The molecular weight excluding hydrogens is 190 g/mol. The number of aryl methyl sites for hydroxylation is 1. The number of nitrogens with one attached hydrogen (secondary N) is 1. The van der Waals surface area contributed by atoms with Gasteiger partial charge in [0.25, 0.3) is 0 Å². The van der Waals surface area contributed by atoms with Crippen LogP contribution in [-0.2, 0) is 6.54 Å². The van der Waals surface area contributed by atoms with Gasteiger partial charge in [-0.3, -0.25) is 0 Å². The van der Waals surface area contributed by atoms with Gasteiger partial charge in [0.2, 0.25) is 11.8 Å². The summed E-state index contributed by atoms with van der Waals surface area (Å²) in [5.74, 6) is 2.07. The molecule has 0 bridgehead atoms. The topological polar surface area (TPSA) is 51.0 Å².